The van der Waals surface area contributed by atoms with E-state index in [9.17, 15) is 0 Å². The van der Waals surface area contributed by atoms with Crippen molar-refractivity contribution < 1.29 is 0 Å². The first-order valence-corrected chi connectivity index (χ1v) is 7.82. The maximum atomic E-state index is 4.65. The summed E-state index contributed by atoms with van der Waals surface area (Å²) < 4.78 is 0. The Morgan fingerprint density at radius 3 is 2.77 bits per heavy atom. The molecule has 2 nitrogen and oxygen atoms in total. The third kappa shape index (κ3) is 2.21. The van der Waals surface area contributed by atoms with E-state index in [-0.39, 0.29) is 0 Å². The number of fused-ring (bicyclic) bond motifs is 2. The first-order valence-electron chi connectivity index (χ1n) is 7.82. The van der Waals surface area contributed by atoms with E-state index in [0.29, 0.717) is 0 Å². The summed E-state index contributed by atoms with van der Waals surface area (Å²) in [6, 6.07) is 12.5. The molecule has 1 aliphatic carbocycles. The molecule has 2 aromatic heterocycles. The fraction of sp³-hybridized carbons (Fsp3) is 0.200. The molecule has 0 N–H and O–H groups in total. The predicted molar refractivity (Wildman–Crippen MR) is 91.5 cm³/mol. The van der Waals surface area contributed by atoms with Crippen LogP contribution in [0.2, 0.25) is 0 Å². The van der Waals surface area contributed by atoms with Gasteiger partial charge in [-0.3, -0.25) is 9.97 Å². The van der Waals surface area contributed by atoms with Gasteiger partial charge in [-0.25, -0.2) is 0 Å². The van der Waals surface area contributed by atoms with Gasteiger partial charge in [0.15, 0.2) is 0 Å². The number of para-hydroxylation sites is 1. The number of aryl methyl sites for hydroxylation is 1. The van der Waals surface area contributed by atoms with E-state index in [1.807, 2.05) is 18.5 Å². The Hall–Kier alpha value is -2.48. The highest BCUT2D eigenvalue weighted by atomic mass is 14.7. The summed E-state index contributed by atoms with van der Waals surface area (Å²) >= 11 is 0. The topological polar surface area (TPSA) is 25.8 Å². The molecule has 0 fully saturated rings. The third-order valence-corrected chi connectivity index (χ3v) is 4.48. The van der Waals surface area contributed by atoms with Gasteiger partial charge in [-0.05, 0) is 72.7 Å². The summed E-state index contributed by atoms with van der Waals surface area (Å²) in [6.07, 6.45) is 9.56. The molecule has 0 radical (unpaired) electrons. The Kier molecular flexibility index (Phi) is 3.23. The number of aromatic nitrogens is 2. The highest BCUT2D eigenvalue weighted by molar-refractivity contribution is 5.93. The van der Waals surface area contributed by atoms with Gasteiger partial charge in [-0.15, -0.1) is 0 Å². The lowest BCUT2D eigenvalue weighted by atomic mass is 9.88. The zero-order valence-electron chi connectivity index (χ0n) is 12.7. The molecule has 108 valence electrons. The van der Waals surface area contributed by atoms with Crippen molar-refractivity contribution in [1.82, 2.24) is 9.97 Å². The van der Waals surface area contributed by atoms with Gasteiger partial charge in [0.05, 0.1) is 11.2 Å². The van der Waals surface area contributed by atoms with Gasteiger partial charge in [0.2, 0.25) is 0 Å². The fourth-order valence-corrected chi connectivity index (χ4v) is 3.33. The van der Waals surface area contributed by atoms with Gasteiger partial charge >= 0.3 is 0 Å². The summed E-state index contributed by atoms with van der Waals surface area (Å²) in [4.78, 5) is 9.10. The van der Waals surface area contributed by atoms with E-state index in [2.05, 4.69) is 53.3 Å². The second-order valence-electron chi connectivity index (χ2n) is 5.90. The molecule has 1 aromatic carbocycles. The molecule has 4 rings (SSSR count). The second-order valence-corrected chi connectivity index (χ2v) is 5.90. The molecule has 0 bridgehead atoms. The van der Waals surface area contributed by atoms with Crippen LogP contribution in [-0.2, 0) is 6.42 Å². The molecule has 1 aliphatic rings. The van der Waals surface area contributed by atoms with E-state index in [1.165, 1.54) is 39.8 Å². The summed E-state index contributed by atoms with van der Waals surface area (Å²) in [6.45, 7) is 2.19. The predicted octanol–water partition coefficient (Wildman–Crippen LogP) is 4.82. The number of nitrogens with zero attached hydrogens (tertiary/aromatic N) is 2. The van der Waals surface area contributed by atoms with Crippen molar-refractivity contribution in [2.45, 2.75) is 26.2 Å². The van der Waals surface area contributed by atoms with Crippen molar-refractivity contribution in [3.63, 3.8) is 0 Å². The average Bonchev–Trinajstić information content (AvgIpc) is 2.56. The van der Waals surface area contributed by atoms with Crippen LogP contribution in [-0.4, -0.2) is 9.97 Å². The molecule has 0 unspecified atom stereocenters. The SMILES string of the molecule is Cc1ccnc2c1CCC/C2=C\c1ccnc2ccccc12. The molecule has 0 saturated heterocycles. The quantitative estimate of drug-likeness (QED) is 0.641. The van der Waals surface area contributed by atoms with Crippen LogP contribution in [0.15, 0.2) is 48.8 Å². The Balaban J connectivity index is 1.89. The highest BCUT2D eigenvalue weighted by Crippen LogP contribution is 2.33. The minimum absolute atomic E-state index is 1.05. The standard InChI is InChI=1S/C20H18N2/c1-14-9-11-22-20-16(5-4-7-17(14)20)13-15-10-12-21-19-8-3-2-6-18(15)19/h2-3,6,8-13H,4-5,7H2,1H3/b16-13+. The first kappa shape index (κ1) is 13.2. The lowest BCUT2D eigenvalue weighted by Gasteiger charge is -2.20. The van der Waals surface area contributed by atoms with Gasteiger partial charge in [0, 0.05) is 17.8 Å². The van der Waals surface area contributed by atoms with E-state index in [4.69, 9.17) is 0 Å². The van der Waals surface area contributed by atoms with Crippen LogP contribution in [0.5, 0.6) is 0 Å². The van der Waals surface area contributed by atoms with Crippen molar-refractivity contribution in [1.29, 1.82) is 0 Å². The minimum Gasteiger partial charge on any atom is -0.256 e. The van der Waals surface area contributed by atoms with Gasteiger partial charge in [-0.2, -0.15) is 0 Å². The number of benzene rings is 1. The summed E-state index contributed by atoms with van der Waals surface area (Å²) in [5, 5.41) is 1.21. The molecular weight excluding hydrogens is 268 g/mol. The van der Waals surface area contributed by atoms with Crippen LogP contribution < -0.4 is 0 Å². The van der Waals surface area contributed by atoms with E-state index in [0.717, 1.165) is 18.4 Å². The number of hydrogen-bond acceptors (Lipinski definition) is 2. The molecule has 2 heterocycles. The zero-order chi connectivity index (χ0) is 14.9. The molecule has 0 spiro atoms. The molecule has 0 aliphatic heterocycles. The zero-order valence-corrected chi connectivity index (χ0v) is 12.7. The average molecular weight is 286 g/mol. The molecule has 0 saturated carbocycles. The van der Waals surface area contributed by atoms with Crippen LogP contribution >= 0.6 is 0 Å². The third-order valence-electron chi connectivity index (χ3n) is 4.48. The maximum Gasteiger partial charge on any atom is 0.0707 e. The number of rotatable bonds is 1. The van der Waals surface area contributed by atoms with E-state index < -0.39 is 0 Å². The van der Waals surface area contributed by atoms with Crippen LogP contribution in [0.3, 0.4) is 0 Å². The van der Waals surface area contributed by atoms with Gasteiger partial charge < -0.3 is 0 Å². The number of allylic oxidation sites excluding steroid dienone is 1. The number of pyridine rings is 2. The van der Waals surface area contributed by atoms with Crippen LogP contribution in [0.1, 0.15) is 35.2 Å². The smallest absolute Gasteiger partial charge is 0.0707 e. The van der Waals surface area contributed by atoms with E-state index >= 15 is 0 Å². The maximum absolute atomic E-state index is 4.65. The monoisotopic (exact) mass is 286 g/mol. The molecule has 22 heavy (non-hydrogen) atoms. The Bertz CT molecular complexity index is 873. The Labute approximate surface area is 130 Å². The fourth-order valence-electron chi connectivity index (χ4n) is 3.33. The summed E-state index contributed by atoms with van der Waals surface area (Å²) in [7, 11) is 0. The van der Waals surface area contributed by atoms with Crippen molar-refractivity contribution in [2.24, 2.45) is 0 Å². The van der Waals surface area contributed by atoms with E-state index in [1.54, 1.807) is 0 Å². The first-order chi connectivity index (χ1) is 10.8. The van der Waals surface area contributed by atoms with Crippen molar-refractivity contribution in [3.05, 3.63) is 71.2 Å². The van der Waals surface area contributed by atoms with Crippen molar-refractivity contribution >= 4 is 22.6 Å². The molecule has 0 atom stereocenters. The normalized spacial score (nSPS) is 16.0. The minimum atomic E-state index is 1.05. The van der Waals surface area contributed by atoms with Gasteiger partial charge in [0.1, 0.15) is 0 Å². The lowest BCUT2D eigenvalue weighted by molar-refractivity contribution is 0.804. The van der Waals surface area contributed by atoms with Crippen molar-refractivity contribution in [3.8, 4) is 0 Å². The van der Waals surface area contributed by atoms with Crippen LogP contribution in [0.25, 0.3) is 22.6 Å². The number of hydrogen-bond donors (Lipinski definition) is 0. The Morgan fingerprint density at radius 1 is 0.955 bits per heavy atom. The van der Waals surface area contributed by atoms with Gasteiger partial charge in [0.25, 0.3) is 0 Å². The highest BCUT2D eigenvalue weighted by Gasteiger charge is 2.17. The van der Waals surface area contributed by atoms with Crippen molar-refractivity contribution in [2.75, 3.05) is 0 Å². The largest absolute Gasteiger partial charge is 0.256 e. The summed E-state index contributed by atoms with van der Waals surface area (Å²) in [5.74, 6) is 0. The second kappa shape index (κ2) is 5.38. The molecule has 2 heteroatoms. The van der Waals surface area contributed by atoms with Crippen LogP contribution in [0, 0.1) is 6.92 Å². The molecule has 3 aromatic rings. The molecular formula is C20H18N2. The van der Waals surface area contributed by atoms with Crippen LogP contribution in [0.4, 0.5) is 0 Å². The van der Waals surface area contributed by atoms with Gasteiger partial charge in [-0.1, -0.05) is 18.2 Å². The Morgan fingerprint density at radius 2 is 1.82 bits per heavy atom. The lowest BCUT2D eigenvalue weighted by Crippen LogP contribution is -2.06. The molecule has 0 amide bonds. The summed E-state index contributed by atoms with van der Waals surface area (Å²) in [5.41, 5.74) is 7.59.